The predicted octanol–water partition coefficient (Wildman–Crippen LogP) is 2.58. The van der Waals surface area contributed by atoms with Crippen molar-refractivity contribution in [3.63, 3.8) is 0 Å². The molecule has 1 aliphatic rings. The maximum atomic E-state index is 5.84. The van der Waals surface area contributed by atoms with Crippen LogP contribution < -0.4 is 10.6 Å². The molecule has 1 fully saturated rings. The van der Waals surface area contributed by atoms with Crippen molar-refractivity contribution in [2.75, 3.05) is 43.4 Å². The largest absolute Gasteiger partial charge is 0.399 e. The summed E-state index contributed by atoms with van der Waals surface area (Å²) in [4.78, 5) is 5.02. The Labute approximate surface area is 111 Å². The van der Waals surface area contributed by atoms with Crippen LogP contribution in [0.15, 0.2) is 24.3 Å². The fourth-order valence-electron chi connectivity index (χ4n) is 2.54. The molecular formula is C15H25N3. The molecule has 18 heavy (non-hydrogen) atoms. The fraction of sp³-hybridized carbons (Fsp3) is 0.600. The first kappa shape index (κ1) is 13.2. The number of nitrogens with two attached hydrogens (primary N) is 1. The molecule has 0 radical (unpaired) electrons. The lowest BCUT2D eigenvalue weighted by Crippen LogP contribution is -2.46. The summed E-state index contributed by atoms with van der Waals surface area (Å²) in [6.07, 6.45) is 4.01. The number of piperazine rings is 1. The van der Waals surface area contributed by atoms with Crippen LogP contribution in [0.3, 0.4) is 0 Å². The average molecular weight is 247 g/mol. The number of unbranched alkanes of at least 4 members (excludes halogenated alkanes) is 2. The normalized spacial score (nSPS) is 17.1. The van der Waals surface area contributed by atoms with Gasteiger partial charge in [-0.2, -0.15) is 0 Å². The molecule has 0 unspecified atom stereocenters. The molecule has 1 heterocycles. The molecule has 3 heteroatoms. The van der Waals surface area contributed by atoms with E-state index in [0.717, 1.165) is 18.8 Å². The van der Waals surface area contributed by atoms with Crippen molar-refractivity contribution in [3.05, 3.63) is 24.3 Å². The molecule has 3 nitrogen and oxygen atoms in total. The quantitative estimate of drug-likeness (QED) is 0.641. The Hall–Kier alpha value is -1.22. The maximum absolute atomic E-state index is 5.84. The fourth-order valence-corrected chi connectivity index (χ4v) is 2.54. The summed E-state index contributed by atoms with van der Waals surface area (Å²) in [7, 11) is 0. The Kier molecular flexibility index (Phi) is 4.88. The molecule has 0 spiro atoms. The van der Waals surface area contributed by atoms with Crippen molar-refractivity contribution in [1.82, 2.24) is 4.90 Å². The first-order valence-electron chi connectivity index (χ1n) is 7.12. The van der Waals surface area contributed by atoms with E-state index in [1.807, 2.05) is 12.1 Å². The van der Waals surface area contributed by atoms with Gasteiger partial charge in [-0.3, -0.25) is 4.90 Å². The zero-order valence-electron chi connectivity index (χ0n) is 11.4. The van der Waals surface area contributed by atoms with E-state index in [2.05, 4.69) is 28.9 Å². The third-order valence-corrected chi connectivity index (χ3v) is 3.69. The third-order valence-electron chi connectivity index (χ3n) is 3.69. The molecule has 0 aromatic heterocycles. The second-order valence-corrected chi connectivity index (χ2v) is 5.13. The van der Waals surface area contributed by atoms with Gasteiger partial charge in [0.05, 0.1) is 0 Å². The smallest absolute Gasteiger partial charge is 0.0387 e. The number of nitrogens with zero attached hydrogens (tertiary/aromatic N) is 2. The highest BCUT2D eigenvalue weighted by atomic mass is 15.3. The molecule has 2 rings (SSSR count). The summed E-state index contributed by atoms with van der Waals surface area (Å²) in [6.45, 7) is 8.12. The number of rotatable bonds is 5. The third kappa shape index (κ3) is 3.64. The SMILES string of the molecule is CCCCCN1CCN(c2cccc(N)c2)CC1. The van der Waals surface area contributed by atoms with E-state index < -0.39 is 0 Å². The van der Waals surface area contributed by atoms with Crippen LogP contribution in [0.5, 0.6) is 0 Å². The molecule has 0 atom stereocenters. The lowest BCUT2D eigenvalue weighted by molar-refractivity contribution is 0.252. The number of hydrogen-bond donors (Lipinski definition) is 1. The van der Waals surface area contributed by atoms with Crippen molar-refractivity contribution >= 4 is 11.4 Å². The Morgan fingerprint density at radius 1 is 1.11 bits per heavy atom. The van der Waals surface area contributed by atoms with Gasteiger partial charge in [-0.05, 0) is 31.2 Å². The van der Waals surface area contributed by atoms with Crippen molar-refractivity contribution in [3.8, 4) is 0 Å². The van der Waals surface area contributed by atoms with E-state index in [1.165, 1.54) is 44.6 Å². The minimum absolute atomic E-state index is 0.859. The summed E-state index contributed by atoms with van der Waals surface area (Å²) in [6, 6.07) is 8.22. The summed E-state index contributed by atoms with van der Waals surface area (Å²) in [5, 5.41) is 0. The second kappa shape index (κ2) is 6.64. The molecule has 100 valence electrons. The molecule has 2 N–H and O–H groups in total. The van der Waals surface area contributed by atoms with Crippen LogP contribution in [-0.2, 0) is 0 Å². The van der Waals surface area contributed by atoms with E-state index in [-0.39, 0.29) is 0 Å². The van der Waals surface area contributed by atoms with Gasteiger partial charge in [-0.25, -0.2) is 0 Å². The van der Waals surface area contributed by atoms with Crippen LogP contribution >= 0.6 is 0 Å². The maximum Gasteiger partial charge on any atom is 0.0387 e. The first-order valence-corrected chi connectivity index (χ1v) is 7.12. The minimum Gasteiger partial charge on any atom is -0.399 e. The van der Waals surface area contributed by atoms with Gasteiger partial charge in [0.1, 0.15) is 0 Å². The van der Waals surface area contributed by atoms with Gasteiger partial charge in [0, 0.05) is 37.6 Å². The summed E-state index contributed by atoms with van der Waals surface area (Å²) < 4.78 is 0. The summed E-state index contributed by atoms with van der Waals surface area (Å²) in [5.41, 5.74) is 7.96. The van der Waals surface area contributed by atoms with Gasteiger partial charge in [0.15, 0.2) is 0 Å². The highest BCUT2D eigenvalue weighted by Gasteiger charge is 2.16. The molecule has 1 aliphatic heterocycles. The Morgan fingerprint density at radius 2 is 1.89 bits per heavy atom. The first-order chi connectivity index (χ1) is 8.79. The standard InChI is InChI=1S/C15H25N3/c1-2-3-4-8-17-9-11-18(12-10-17)15-7-5-6-14(16)13-15/h5-7,13H,2-4,8-12,16H2,1H3. The number of nitrogen functional groups attached to an aromatic ring is 1. The van der Waals surface area contributed by atoms with Crippen molar-refractivity contribution in [2.45, 2.75) is 26.2 Å². The molecule has 1 aromatic rings. The summed E-state index contributed by atoms with van der Waals surface area (Å²) in [5.74, 6) is 0. The van der Waals surface area contributed by atoms with Crippen LogP contribution in [-0.4, -0.2) is 37.6 Å². The van der Waals surface area contributed by atoms with Gasteiger partial charge in [-0.1, -0.05) is 25.8 Å². The second-order valence-electron chi connectivity index (χ2n) is 5.13. The van der Waals surface area contributed by atoms with Crippen molar-refractivity contribution < 1.29 is 0 Å². The van der Waals surface area contributed by atoms with E-state index in [0.29, 0.717) is 0 Å². The van der Waals surface area contributed by atoms with E-state index in [1.54, 1.807) is 0 Å². The molecule has 0 saturated carbocycles. The molecular weight excluding hydrogens is 222 g/mol. The highest BCUT2D eigenvalue weighted by Crippen LogP contribution is 2.19. The van der Waals surface area contributed by atoms with Gasteiger partial charge < -0.3 is 10.6 Å². The van der Waals surface area contributed by atoms with Gasteiger partial charge in [0.25, 0.3) is 0 Å². The van der Waals surface area contributed by atoms with Crippen LogP contribution in [0.2, 0.25) is 0 Å². The number of benzene rings is 1. The monoisotopic (exact) mass is 247 g/mol. The van der Waals surface area contributed by atoms with Crippen molar-refractivity contribution in [1.29, 1.82) is 0 Å². The van der Waals surface area contributed by atoms with Crippen LogP contribution in [0.1, 0.15) is 26.2 Å². The van der Waals surface area contributed by atoms with Crippen LogP contribution in [0.25, 0.3) is 0 Å². The highest BCUT2D eigenvalue weighted by molar-refractivity contribution is 5.56. The zero-order valence-corrected chi connectivity index (χ0v) is 11.4. The van der Waals surface area contributed by atoms with Crippen molar-refractivity contribution in [2.24, 2.45) is 0 Å². The number of hydrogen-bond acceptors (Lipinski definition) is 3. The molecule has 0 aliphatic carbocycles. The lowest BCUT2D eigenvalue weighted by Gasteiger charge is -2.36. The topological polar surface area (TPSA) is 32.5 Å². The Morgan fingerprint density at radius 3 is 2.56 bits per heavy atom. The van der Waals surface area contributed by atoms with Gasteiger partial charge in [0.2, 0.25) is 0 Å². The van der Waals surface area contributed by atoms with E-state index in [9.17, 15) is 0 Å². The molecule has 0 amide bonds. The van der Waals surface area contributed by atoms with E-state index >= 15 is 0 Å². The molecule has 1 aromatic carbocycles. The van der Waals surface area contributed by atoms with Gasteiger partial charge in [-0.15, -0.1) is 0 Å². The number of anilines is 2. The predicted molar refractivity (Wildman–Crippen MR) is 79.0 cm³/mol. The average Bonchev–Trinajstić information content (AvgIpc) is 2.40. The molecule has 1 saturated heterocycles. The van der Waals surface area contributed by atoms with Crippen LogP contribution in [0.4, 0.5) is 11.4 Å². The van der Waals surface area contributed by atoms with E-state index in [4.69, 9.17) is 5.73 Å². The molecule has 0 bridgehead atoms. The minimum atomic E-state index is 0.859. The Balaban J connectivity index is 1.79. The van der Waals surface area contributed by atoms with Gasteiger partial charge >= 0.3 is 0 Å². The Bertz CT molecular complexity index is 357. The zero-order chi connectivity index (χ0) is 12.8. The summed E-state index contributed by atoms with van der Waals surface area (Å²) >= 11 is 0. The van der Waals surface area contributed by atoms with Crippen LogP contribution in [0, 0.1) is 0 Å². The lowest BCUT2D eigenvalue weighted by atomic mass is 10.2.